The molecule has 0 radical (unpaired) electrons. The molecule has 7 nitrogen and oxygen atoms in total. The maximum absolute atomic E-state index is 12.2. The molecule has 0 aliphatic rings. The van der Waals surface area contributed by atoms with Gasteiger partial charge in [0, 0.05) is 36.6 Å². The van der Waals surface area contributed by atoms with Crippen molar-refractivity contribution in [1.29, 1.82) is 0 Å². The van der Waals surface area contributed by atoms with Crippen molar-refractivity contribution < 1.29 is 24.2 Å². The summed E-state index contributed by atoms with van der Waals surface area (Å²) in [5, 5.41) is 15.0. The summed E-state index contributed by atoms with van der Waals surface area (Å²) < 4.78 is 5.05. The van der Waals surface area contributed by atoms with Crippen LogP contribution in [0.3, 0.4) is 0 Å². The molecule has 0 fully saturated rings. The van der Waals surface area contributed by atoms with Gasteiger partial charge in [-0.3, -0.25) is 9.59 Å². The number of carbonyl (C=O) groups excluding carboxylic acids is 2. The van der Waals surface area contributed by atoms with Crippen LogP contribution in [0.1, 0.15) is 23.2 Å². The van der Waals surface area contributed by atoms with E-state index in [1.165, 1.54) is 16.2 Å². The van der Waals surface area contributed by atoms with E-state index in [0.29, 0.717) is 36.4 Å². The van der Waals surface area contributed by atoms with Crippen molar-refractivity contribution in [3.63, 3.8) is 0 Å². The van der Waals surface area contributed by atoms with Crippen LogP contribution in [0.4, 0.5) is 5.69 Å². The van der Waals surface area contributed by atoms with Crippen LogP contribution in [-0.4, -0.2) is 43.1 Å². The number of hydrogen-bond acceptors (Lipinski definition) is 5. The maximum atomic E-state index is 12.2. The lowest BCUT2D eigenvalue weighted by molar-refractivity contribution is -0.139. The first kappa shape index (κ1) is 19.5. The summed E-state index contributed by atoms with van der Waals surface area (Å²) >= 11 is 1.46. The third-order valence-electron chi connectivity index (χ3n) is 3.60. The molecule has 138 valence electrons. The molecule has 26 heavy (non-hydrogen) atoms. The number of anilines is 1. The fraction of sp³-hybridized carbons (Fsp3) is 0.278. The average Bonchev–Trinajstić information content (AvgIpc) is 3.18. The Hall–Kier alpha value is -2.87. The van der Waals surface area contributed by atoms with E-state index in [0.717, 1.165) is 0 Å². The van der Waals surface area contributed by atoms with Crippen LogP contribution >= 0.6 is 11.3 Å². The zero-order chi connectivity index (χ0) is 18.9. The maximum Gasteiger partial charge on any atom is 0.341 e. The number of aliphatic carboxylic acids is 1. The average molecular weight is 376 g/mol. The van der Waals surface area contributed by atoms with E-state index >= 15 is 0 Å². The first-order valence-electron chi connectivity index (χ1n) is 7.99. The van der Waals surface area contributed by atoms with E-state index in [4.69, 9.17) is 9.84 Å². The number of rotatable bonds is 9. The Balaban J connectivity index is 1.74. The van der Waals surface area contributed by atoms with E-state index < -0.39 is 12.6 Å². The molecule has 2 aromatic rings. The fourth-order valence-electron chi connectivity index (χ4n) is 2.16. The van der Waals surface area contributed by atoms with E-state index in [-0.39, 0.29) is 11.8 Å². The molecule has 2 amide bonds. The van der Waals surface area contributed by atoms with Gasteiger partial charge in [-0.05, 0) is 42.1 Å². The SMILES string of the molecule is CN(C(=O)CCCNC(=O)c1ccsc1)c1ccc(OCC(=O)O)cc1. The van der Waals surface area contributed by atoms with Gasteiger partial charge in [0.2, 0.25) is 5.91 Å². The normalized spacial score (nSPS) is 10.2. The number of nitrogens with zero attached hydrogens (tertiary/aromatic N) is 1. The second-order valence-electron chi connectivity index (χ2n) is 5.50. The summed E-state index contributed by atoms with van der Waals surface area (Å²) in [4.78, 5) is 36.0. The molecule has 1 heterocycles. The molecule has 2 N–H and O–H groups in total. The molecule has 0 unspecified atom stereocenters. The van der Waals surface area contributed by atoms with Crippen molar-refractivity contribution in [3.8, 4) is 5.75 Å². The van der Waals surface area contributed by atoms with Crippen LogP contribution in [-0.2, 0) is 9.59 Å². The largest absolute Gasteiger partial charge is 0.482 e. The second-order valence-corrected chi connectivity index (χ2v) is 6.28. The van der Waals surface area contributed by atoms with Gasteiger partial charge in [-0.25, -0.2) is 4.79 Å². The minimum Gasteiger partial charge on any atom is -0.482 e. The number of benzene rings is 1. The van der Waals surface area contributed by atoms with Crippen LogP contribution in [0, 0.1) is 0 Å². The quantitative estimate of drug-likeness (QED) is 0.655. The van der Waals surface area contributed by atoms with Crippen LogP contribution < -0.4 is 15.0 Å². The van der Waals surface area contributed by atoms with Gasteiger partial charge in [0.25, 0.3) is 5.91 Å². The van der Waals surface area contributed by atoms with Crippen LogP contribution in [0.25, 0.3) is 0 Å². The van der Waals surface area contributed by atoms with Gasteiger partial charge in [0.05, 0.1) is 0 Å². The summed E-state index contributed by atoms with van der Waals surface area (Å²) in [6, 6.07) is 8.36. The number of nitrogens with one attached hydrogen (secondary N) is 1. The number of hydrogen-bond donors (Lipinski definition) is 2. The molecule has 0 spiro atoms. The lowest BCUT2D eigenvalue weighted by Crippen LogP contribution is -2.28. The monoisotopic (exact) mass is 376 g/mol. The fourth-order valence-corrected chi connectivity index (χ4v) is 2.80. The molecule has 0 saturated carbocycles. The Kier molecular flexibility index (Phi) is 7.16. The molecular weight excluding hydrogens is 356 g/mol. The molecule has 0 saturated heterocycles. The third kappa shape index (κ3) is 5.89. The van der Waals surface area contributed by atoms with Crippen molar-refractivity contribution in [3.05, 3.63) is 46.7 Å². The molecule has 0 bridgehead atoms. The Morgan fingerprint density at radius 3 is 2.54 bits per heavy atom. The van der Waals surface area contributed by atoms with Gasteiger partial charge >= 0.3 is 5.97 Å². The zero-order valence-corrected chi connectivity index (χ0v) is 15.1. The number of carbonyl (C=O) groups is 3. The van der Waals surface area contributed by atoms with E-state index in [1.54, 1.807) is 42.8 Å². The van der Waals surface area contributed by atoms with Crippen molar-refractivity contribution >= 4 is 34.8 Å². The Morgan fingerprint density at radius 2 is 1.92 bits per heavy atom. The first-order chi connectivity index (χ1) is 12.5. The van der Waals surface area contributed by atoms with Crippen LogP contribution in [0.5, 0.6) is 5.75 Å². The molecule has 0 aliphatic heterocycles. The van der Waals surface area contributed by atoms with E-state index in [1.807, 2.05) is 5.38 Å². The lowest BCUT2D eigenvalue weighted by Gasteiger charge is -2.18. The summed E-state index contributed by atoms with van der Waals surface area (Å²) in [5.41, 5.74) is 1.31. The molecule has 0 atom stereocenters. The Morgan fingerprint density at radius 1 is 1.19 bits per heavy atom. The van der Waals surface area contributed by atoms with Gasteiger partial charge < -0.3 is 20.1 Å². The minimum atomic E-state index is -1.05. The highest BCUT2D eigenvalue weighted by Crippen LogP contribution is 2.19. The molecule has 1 aromatic carbocycles. The number of thiophene rings is 1. The summed E-state index contributed by atoms with van der Waals surface area (Å²) in [7, 11) is 1.67. The smallest absolute Gasteiger partial charge is 0.341 e. The second kappa shape index (κ2) is 9.57. The molecule has 1 aromatic heterocycles. The Bertz CT molecular complexity index is 743. The lowest BCUT2D eigenvalue weighted by atomic mass is 10.2. The van der Waals surface area contributed by atoms with Gasteiger partial charge in [-0.2, -0.15) is 11.3 Å². The van der Waals surface area contributed by atoms with Gasteiger partial charge in [0.1, 0.15) is 5.75 Å². The summed E-state index contributed by atoms with van der Waals surface area (Å²) in [6.07, 6.45) is 0.844. The van der Waals surface area contributed by atoms with Gasteiger partial charge in [-0.1, -0.05) is 0 Å². The van der Waals surface area contributed by atoms with Crippen LogP contribution in [0.15, 0.2) is 41.1 Å². The van der Waals surface area contributed by atoms with E-state index in [2.05, 4.69) is 5.32 Å². The molecular formula is C18H20N2O5S. The Labute approximate surface area is 155 Å². The van der Waals surface area contributed by atoms with Crippen molar-refractivity contribution in [2.75, 3.05) is 25.1 Å². The third-order valence-corrected chi connectivity index (χ3v) is 4.28. The predicted molar refractivity (Wildman–Crippen MR) is 98.9 cm³/mol. The highest BCUT2D eigenvalue weighted by atomic mass is 32.1. The predicted octanol–water partition coefficient (Wildman–Crippen LogP) is 2.38. The highest BCUT2D eigenvalue weighted by molar-refractivity contribution is 7.08. The summed E-state index contributed by atoms with van der Waals surface area (Å²) in [5.74, 6) is -0.835. The number of amides is 2. The van der Waals surface area contributed by atoms with Crippen LogP contribution in [0.2, 0.25) is 0 Å². The zero-order valence-electron chi connectivity index (χ0n) is 14.3. The number of carboxylic acids is 1. The first-order valence-corrected chi connectivity index (χ1v) is 8.93. The van der Waals surface area contributed by atoms with Crippen molar-refractivity contribution in [2.24, 2.45) is 0 Å². The van der Waals surface area contributed by atoms with Crippen molar-refractivity contribution in [1.82, 2.24) is 5.32 Å². The minimum absolute atomic E-state index is 0.0750. The molecule has 8 heteroatoms. The highest BCUT2D eigenvalue weighted by Gasteiger charge is 2.11. The van der Waals surface area contributed by atoms with Gasteiger partial charge in [0.15, 0.2) is 6.61 Å². The standard InChI is InChI=1S/C18H20N2O5S/c1-20(14-4-6-15(7-5-14)25-11-17(22)23)16(21)3-2-9-19-18(24)13-8-10-26-12-13/h4-8,10,12H,2-3,9,11H2,1H3,(H,19,24)(H,22,23). The van der Waals surface area contributed by atoms with E-state index in [9.17, 15) is 14.4 Å². The number of ether oxygens (including phenoxy) is 1. The summed E-state index contributed by atoms with van der Waals surface area (Å²) in [6.45, 7) is 0.0153. The number of carboxylic acid groups (broad SMARTS) is 1. The van der Waals surface area contributed by atoms with Gasteiger partial charge in [-0.15, -0.1) is 0 Å². The molecule has 2 rings (SSSR count). The van der Waals surface area contributed by atoms with Crippen molar-refractivity contribution in [2.45, 2.75) is 12.8 Å². The molecule has 0 aliphatic carbocycles. The topological polar surface area (TPSA) is 95.9 Å².